The van der Waals surface area contributed by atoms with E-state index >= 15 is 0 Å². The van der Waals surface area contributed by atoms with Crippen LogP contribution in [-0.2, 0) is 0 Å². The van der Waals surface area contributed by atoms with Gasteiger partial charge in [0.1, 0.15) is 5.69 Å². The number of hydrogen-bond donors (Lipinski definition) is 3. The number of hydrogen-bond acceptors (Lipinski definition) is 6. The van der Waals surface area contributed by atoms with Crippen molar-refractivity contribution in [1.82, 2.24) is 10.2 Å². The molecule has 1 aromatic carbocycles. The fraction of sp³-hybridized carbons (Fsp3) is 0. The van der Waals surface area contributed by atoms with Crippen LogP contribution in [0.2, 0.25) is 0 Å². The Balaban J connectivity index is 2.30. The van der Waals surface area contributed by atoms with Crippen molar-refractivity contribution in [2.45, 2.75) is 0 Å². The van der Waals surface area contributed by atoms with E-state index in [0.717, 1.165) is 0 Å². The Labute approximate surface area is 111 Å². The summed E-state index contributed by atoms with van der Waals surface area (Å²) < 4.78 is 0. The largest absolute Gasteiger partial charge is 0.393 e. The van der Waals surface area contributed by atoms with Crippen LogP contribution in [0.4, 0.5) is 17.2 Å². The normalized spacial score (nSPS) is 10.0. The molecule has 0 aliphatic heterocycles. The average molecular weight is 275 g/mol. The molecule has 1 amide bonds. The SMILES string of the molecule is Nc1c(C(=O)Nc2ccc(=O)[nH]n2)cccc1[N+](=O)[O-]. The van der Waals surface area contributed by atoms with Gasteiger partial charge in [0.2, 0.25) is 0 Å². The predicted octanol–water partition coefficient (Wildman–Crippen LogP) is 0.513. The highest BCUT2D eigenvalue weighted by Gasteiger charge is 2.19. The number of aromatic amines is 1. The van der Waals surface area contributed by atoms with Gasteiger partial charge in [-0.05, 0) is 12.1 Å². The zero-order valence-electron chi connectivity index (χ0n) is 9.99. The maximum atomic E-state index is 11.9. The maximum absolute atomic E-state index is 11.9. The van der Waals surface area contributed by atoms with E-state index in [2.05, 4.69) is 15.5 Å². The molecule has 102 valence electrons. The van der Waals surface area contributed by atoms with Gasteiger partial charge in [-0.25, -0.2) is 5.10 Å². The lowest BCUT2D eigenvalue weighted by Gasteiger charge is -2.06. The number of nitrogens with zero attached hydrogens (tertiary/aromatic N) is 2. The van der Waals surface area contributed by atoms with E-state index in [1.165, 1.54) is 30.3 Å². The highest BCUT2D eigenvalue weighted by molar-refractivity contribution is 6.08. The van der Waals surface area contributed by atoms with Crippen molar-refractivity contribution < 1.29 is 9.72 Å². The first kappa shape index (κ1) is 13.2. The summed E-state index contributed by atoms with van der Waals surface area (Å²) in [4.78, 5) is 32.8. The van der Waals surface area contributed by atoms with Crippen molar-refractivity contribution in [2.24, 2.45) is 0 Å². The molecular formula is C11H9N5O4. The second-order valence-corrected chi connectivity index (χ2v) is 3.76. The number of nitrogens with two attached hydrogens (primary N) is 1. The molecule has 9 heteroatoms. The van der Waals surface area contributed by atoms with E-state index in [4.69, 9.17) is 5.73 Å². The molecule has 1 aromatic heterocycles. The lowest BCUT2D eigenvalue weighted by molar-refractivity contribution is -0.383. The number of nitrogens with one attached hydrogen (secondary N) is 2. The minimum absolute atomic E-state index is 0.0489. The van der Waals surface area contributed by atoms with Crippen molar-refractivity contribution in [2.75, 3.05) is 11.1 Å². The zero-order valence-corrected chi connectivity index (χ0v) is 9.99. The van der Waals surface area contributed by atoms with Gasteiger partial charge in [0.25, 0.3) is 17.2 Å². The molecule has 0 aliphatic rings. The summed E-state index contributed by atoms with van der Waals surface area (Å²) in [5.74, 6) is -0.564. The van der Waals surface area contributed by atoms with Gasteiger partial charge in [-0.1, -0.05) is 6.07 Å². The third-order valence-corrected chi connectivity index (χ3v) is 2.45. The van der Waals surface area contributed by atoms with E-state index in [0.29, 0.717) is 0 Å². The number of carbonyl (C=O) groups excluding carboxylic acids is 1. The number of nitro groups is 1. The van der Waals surface area contributed by atoms with Crippen molar-refractivity contribution in [3.05, 3.63) is 56.4 Å². The number of carbonyl (C=O) groups is 1. The van der Waals surface area contributed by atoms with Gasteiger partial charge < -0.3 is 11.1 Å². The van der Waals surface area contributed by atoms with Crippen LogP contribution in [0.1, 0.15) is 10.4 Å². The van der Waals surface area contributed by atoms with E-state index in [9.17, 15) is 19.7 Å². The number of para-hydroxylation sites is 1. The summed E-state index contributed by atoms with van der Waals surface area (Å²) in [5, 5.41) is 18.8. The van der Waals surface area contributed by atoms with Crippen LogP contribution in [0.5, 0.6) is 0 Å². The van der Waals surface area contributed by atoms with Gasteiger partial charge in [-0.15, -0.1) is 0 Å². The highest BCUT2D eigenvalue weighted by Crippen LogP contribution is 2.25. The second kappa shape index (κ2) is 5.18. The summed E-state index contributed by atoms with van der Waals surface area (Å²) in [6, 6.07) is 6.38. The monoisotopic (exact) mass is 275 g/mol. The first-order valence-corrected chi connectivity index (χ1v) is 5.39. The van der Waals surface area contributed by atoms with E-state index in [1.54, 1.807) is 0 Å². The number of H-pyrrole nitrogens is 1. The van der Waals surface area contributed by atoms with Crippen LogP contribution >= 0.6 is 0 Å². The van der Waals surface area contributed by atoms with E-state index < -0.39 is 16.4 Å². The fourth-order valence-electron chi connectivity index (χ4n) is 1.51. The van der Waals surface area contributed by atoms with E-state index in [-0.39, 0.29) is 22.8 Å². The Morgan fingerprint density at radius 2 is 2.10 bits per heavy atom. The van der Waals surface area contributed by atoms with Crippen LogP contribution in [-0.4, -0.2) is 21.0 Å². The van der Waals surface area contributed by atoms with Crippen molar-refractivity contribution in [3.63, 3.8) is 0 Å². The molecular weight excluding hydrogens is 266 g/mol. The third-order valence-electron chi connectivity index (χ3n) is 2.45. The standard InChI is InChI=1S/C11H9N5O4/c12-10-6(2-1-3-7(10)16(19)20)11(18)13-8-4-5-9(17)15-14-8/h1-5H,12H2,(H,15,17)(H,13,14,18). The lowest BCUT2D eigenvalue weighted by Crippen LogP contribution is -2.17. The summed E-state index contributed by atoms with van der Waals surface area (Å²) in [6.45, 7) is 0. The van der Waals surface area contributed by atoms with Gasteiger partial charge in [0, 0.05) is 12.1 Å². The average Bonchev–Trinajstić information content (AvgIpc) is 2.41. The maximum Gasteiger partial charge on any atom is 0.292 e. The number of rotatable bonds is 3. The molecule has 2 aromatic rings. The van der Waals surface area contributed by atoms with Gasteiger partial charge >= 0.3 is 0 Å². The smallest absolute Gasteiger partial charge is 0.292 e. The summed E-state index contributed by atoms with van der Waals surface area (Å²) in [6.07, 6.45) is 0. The molecule has 0 saturated heterocycles. The quantitative estimate of drug-likeness (QED) is 0.423. The molecule has 0 spiro atoms. The lowest BCUT2D eigenvalue weighted by atomic mass is 10.1. The molecule has 0 unspecified atom stereocenters. The minimum Gasteiger partial charge on any atom is -0.393 e. The zero-order chi connectivity index (χ0) is 14.7. The van der Waals surface area contributed by atoms with Crippen molar-refractivity contribution in [1.29, 1.82) is 0 Å². The van der Waals surface area contributed by atoms with Crippen molar-refractivity contribution in [3.8, 4) is 0 Å². The number of nitrogen functional groups attached to an aromatic ring is 1. The molecule has 2 rings (SSSR count). The molecule has 0 saturated carbocycles. The molecule has 20 heavy (non-hydrogen) atoms. The summed E-state index contributed by atoms with van der Waals surface area (Å²) >= 11 is 0. The molecule has 0 aliphatic carbocycles. The van der Waals surface area contributed by atoms with E-state index in [1.807, 2.05) is 0 Å². The highest BCUT2D eigenvalue weighted by atomic mass is 16.6. The topological polar surface area (TPSA) is 144 Å². The molecule has 0 radical (unpaired) electrons. The van der Waals surface area contributed by atoms with Crippen LogP contribution in [0.3, 0.4) is 0 Å². The number of anilines is 2. The Morgan fingerprint density at radius 1 is 1.35 bits per heavy atom. The summed E-state index contributed by atoms with van der Waals surface area (Å²) in [7, 11) is 0. The Kier molecular flexibility index (Phi) is 3.42. The Morgan fingerprint density at radius 3 is 2.70 bits per heavy atom. The molecule has 0 fully saturated rings. The van der Waals surface area contributed by atoms with Crippen LogP contribution in [0.25, 0.3) is 0 Å². The van der Waals surface area contributed by atoms with Crippen LogP contribution in [0.15, 0.2) is 35.1 Å². The molecule has 1 heterocycles. The number of aromatic nitrogens is 2. The first-order valence-electron chi connectivity index (χ1n) is 5.39. The van der Waals surface area contributed by atoms with Gasteiger partial charge in [-0.2, -0.15) is 5.10 Å². The third kappa shape index (κ3) is 2.61. The van der Waals surface area contributed by atoms with Crippen LogP contribution in [0, 0.1) is 10.1 Å². The van der Waals surface area contributed by atoms with Crippen LogP contribution < -0.4 is 16.6 Å². The number of nitro benzene ring substituents is 1. The molecule has 0 bridgehead atoms. The second-order valence-electron chi connectivity index (χ2n) is 3.76. The van der Waals surface area contributed by atoms with Gasteiger partial charge in [0.15, 0.2) is 5.82 Å². The Bertz CT molecular complexity index is 719. The summed E-state index contributed by atoms with van der Waals surface area (Å²) in [5.41, 5.74) is 4.52. The van der Waals surface area contributed by atoms with Gasteiger partial charge in [-0.3, -0.25) is 19.7 Å². The Hall–Kier alpha value is -3.23. The fourth-order valence-corrected chi connectivity index (χ4v) is 1.51. The molecule has 0 atom stereocenters. The van der Waals surface area contributed by atoms with Gasteiger partial charge in [0.05, 0.1) is 10.5 Å². The number of benzene rings is 1. The minimum atomic E-state index is -0.676. The number of amides is 1. The molecule has 9 nitrogen and oxygen atoms in total. The predicted molar refractivity (Wildman–Crippen MR) is 70.3 cm³/mol. The van der Waals surface area contributed by atoms with Crippen molar-refractivity contribution >= 4 is 23.1 Å². The molecule has 4 N–H and O–H groups in total. The first-order chi connectivity index (χ1) is 9.49.